The van der Waals surface area contributed by atoms with Crippen molar-refractivity contribution >= 4 is 27.3 Å². The van der Waals surface area contributed by atoms with Gasteiger partial charge in [0.2, 0.25) is 0 Å². The molecule has 1 aromatic heterocycles. The lowest BCUT2D eigenvalue weighted by Crippen LogP contribution is -2.19. The molecule has 0 amide bonds. The van der Waals surface area contributed by atoms with Gasteiger partial charge >= 0.3 is 0 Å². The van der Waals surface area contributed by atoms with E-state index in [0.717, 1.165) is 6.54 Å². The predicted octanol–water partition coefficient (Wildman–Crippen LogP) is 5.83. The minimum Gasteiger partial charge on any atom is -0.310 e. The van der Waals surface area contributed by atoms with Crippen molar-refractivity contribution in [3.05, 3.63) is 20.3 Å². The molecular formula is C15H26BrNS. The van der Waals surface area contributed by atoms with Crippen LogP contribution in [-0.4, -0.2) is 6.54 Å². The summed E-state index contributed by atoms with van der Waals surface area (Å²) in [6, 6.07) is 2.84. The average molecular weight is 332 g/mol. The first kappa shape index (κ1) is 16.2. The molecule has 1 rings (SSSR count). The fourth-order valence-electron chi connectivity index (χ4n) is 2.20. The molecule has 0 saturated heterocycles. The van der Waals surface area contributed by atoms with E-state index in [2.05, 4.69) is 48.1 Å². The summed E-state index contributed by atoms with van der Waals surface area (Å²) in [6.45, 7) is 7.70. The van der Waals surface area contributed by atoms with Crippen LogP contribution in [0.4, 0.5) is 0 Å². The molecule has 0 aliphatic rings. The Morgan fingerprint density at radius 1 is 1.22 bits per heavy atom. The summed E-state index contributed by atoms with van der Waals surface area (Å²) in [4.78, 5) is 2.87. The largest absolute Gasteiger partial charge is 0.310 e. The first-order valence-electron chi connectivity index (χ1n) is 7.18. The van der Waals surface area contributed by atoms with Gasteiger partial charge in [0.1, 0.15) is 0 Å². The summed E-state index contributed by atoms with van der Waals surface area (Å²) in [7, 11) is 0. The molecule has 0 bridgehead atoms. The number of nitrogens with one attached hydrogen (secondary N) is 1. The second kappa shape index (κ2) is 9.11. The van der Waals surface area contributed by atoms with Crippen LogP contribution in [0.15, 0.2) is 10.5 Å². The summed E-state index contributed by atoms with van der Waals surface area (Å²) >= 11 is 5.54. The van der Waals surface area contributed by atoms with Gasteiger partial charge in [-0.1, -0.05) is 46.0 Å². The summed E-state index contributed by atoms with van der Waals surface area (Å²) in [5, 5.41) is 3.62. The molecule has 0 radical (unpaired) electrons. The molecule has 1 aromatic rings. The van der Waals surface area contributed by atoms with Crippen LogP contribution in [0.2, 0.25) is 0 Å². The molecular weight excluding hydrogens is 306 g/mol. The average Bonchev–Trinajstić information content (AvgIpc) is 2.68. The van der Waals surface area contributed by atoms with Crippen molar-refractivity contribution in [1.29, 1.82) is 0 Å². The third-order valence-corrected chi connectivity index (χ3v) is 5.52. The zero-order valence-corrected chi connectivity index (χ0v) is 14.3. The number of halogens is 1. The van der Waals surface area contributed by atoms with E-state index in [0.29, 0.717) is 6.04 Å². The predicted molar refractivity (Wildman–Crippen MR) is 86.5 cm³/mol. The summed E-state index contributed by atoms with van der Waals surface area (Å²) < 4.78 is 1.26. The lowest BCUT2D eigenvalue weighted by molar-refractivity contribution is 0.484. The van der Waals surface area contributed by atoms with Gasteiger partial charge in [-0.25, -0.2) is 0 Å². The highest BCUT2D eigenvalue weighted by atomic mass is 79.9. The van der Waals surface area contributed by atoms with Gasteiger partial charge in [0.05, 0.1) is 0 Å². The van der Waals surface area contributed by atoms with Gasteiger partial charge in [0.25, 0.3) is 0 Å². The molecule has 1 atom stereocenters. The molecule has 0 spiro atoms. The lowest BCUT2D eigenvalue weighted by Gasteiger charge is -2.16. The highest BCUT2D eigenvalue weighted by Gasteiger charge is 2.13. The molecule has 1 unspecified atom stereocenters. The van der Waals surface area contributed by atoms with Crippen molar-refractivity contribution in [3.63, 3.8) is 0 Å². The monoisotopic (exact) mass is 331 g/mol. The van der Waals surface area contributed by atoms with E-state index in [1.165, 1.54) is 52.8 Å². The Bertz CT molecular complexity index is 316. The molecule has 1 nitrogen and oxygen atoms in total. The van der Waals surface area contributed by atoms with E-state index in [4.69, 9.17) is 0 Å². The number of aryl methyl sites for hydroxylation is 1. The van der Waals surface area contributed by atoms with Crippen LogP contribution in [0.5, 0.6) is 0 Å². The van der Waals surface area contributed by atoms with Crippen LogP contribution >= 0.6 is 27.3 Å². The first-order chi connectivity index (χ1) is 8.69. The van der Waals surface area contributed by atoms with Crippen molar-refractivity contribution in [1.82, 2.24) is 5.32 Å². The van der Waals surface area contributed by atoms with E-state index in [-0.39, 0.29) is 0 Å². The van der Waals surface area contributed by atoms with E-state index in [1.54, 1.807) is 0 Å². The Hall–Kier alpha value is 0.140. The van der Waals surface area contributed by atoms with Crippen LogP contribution in [0.3, 0.4) is 0 Å². The smallest absolute Gasteiger partial charge is 0.0415 e. The zero-order chi connectivity index (χ0) is 13.4. The second-order valence-corrected chi connectivity index (χ2v) is 7.01. The molecule has 0 aliphatic heterocycles. The molecule has 0 aromatic carbocycles. The number of hydrogen-bond donors (Lipinski definition) is 1. The van der Waals surface area contributed by atoms with Gasteiger partial charge in [0, 0.05) is 20.3 Å². The summed E-state index contributed by atoms with van der Waals surface area (Å²) in [5.74, 6) is 0. The van der Waals surface area contributed by atoms with Gasteiger partial charge in [-0.3, -0.25) is 0 Å². The SMILES string of the molecule is CCCCCCCC(NCC)c1cc(Br)c(C)s1. The Balaban J connectivity index is 2.44. The number of thiophene rings is 1. The Kier molecular flexibility index (Phi) is 8.20. The third-order valence-electron chi connectivity index (χ3n) is 3.27. The van der Waals surface area contributed by atoms with Crippen molar-refractivity contribution in [2.75, 3.05) is 6.54 Å². The topological polar surface area (TPSA) is 12.0 Å². The molecule has 1 N–H and O–H groups in total. The van der Waals surface area contributed by atoms with E-state index in [9.17, 15) is 0 Å². The minimum absolute atomic E-state index is 0.548. The summed E-state index contributed by atoms with van der Waals surface area (Å²) in [6.07, 6.45) is 8.09. The maximum Gasteiger partial charge on any atom is 0.0415 e. The lowest BCUT2D eigenvalue weighted by atomic mass is 10.1. The quantitative estimate of drug-likeness (QED) is 0.561. The highest BCUT2D eigenvalue weighted by molar-refractivity contribution is 9.10. The number of rotatable bonds is 9. The molecule has 0 saturated carbocycles. The van der Waals surface area contributed by atoms with Crippen LogP contribution in [0.25, 0.3) is 0 Å². The van der Waals surface area contributed by atoms with Crippen LogP contribution in [-0.2, 0) is 0 Å². The minimum atomic E-state index is 0.548. The molecule has 1 heterocycles. The fraction of sp³-hybridized carbons (Fsp3) is 0.733. The molecule has 18 heavy (non-hydrogen) atoms. The third kappa shape index (κ3) is 5.41. The number of unbranched alkanes of at least 4 members (excludes halogenated alkanes) is 4. The molecule has 3 heteroatoms. The van der Waals surface area contributed by atoms with E-state index >= 15 is 0 Å². The van der Waals surface area contributed by atoms with Gasteiger partial charge in [-0.15, -0.1) is 11.3 Å². The number of hydrogen-bond acceptors (Lipinski definition) is 2. The van der Waals surface area contributed by atoms with Crippen molar-refractivity contribution < 1.29 is 0 Å². The normalized spacial score (nSPS) is 12.9. The summed E-state index contributed by atoms with van der Waals surface area (Å²) in [5.41, 5.74) is 0. The van der Waals surface area contributed by atoms with Gasteiger partial charge in [0.15, 0.2) is 0 Å². The van der Waals surface area contributed by atoms with Gasteiger partial charge in [-0.2, -0.15) is 0 Å². The highest BCUT2D eigenvalue weighted by Crippen LogP contribution is 2.32. The second-order valence-electron chi connectivity index (χ2n) is 4.87. The van der Waals surface area contributed by atoms with Crippen molar-refractivity contribution in [2.24, 2.45) is 0 Å². The Morgan fingerprint density at radius 3 is 2.50 bits per heavy atom. The van der Waals surface area contributed by atoms with Crippen LogP contribution in [0, 0.1) is 6.92 Å². The van der Waals surface area contributed by atoms with Crippen LogP contribution in [0.1, 0.15) is 68.2 Å². The van der Waals surface area contributed by atoms with E-state index in [1.807, 2.05) is 11.3 Å². The Morgan fingerprint density at radius 2 is 1.94 bits per heavy atom. The first-order valence-corrected chi connectivity index (χ1v) is 8.79. The van der Waals surface area contributed by atoms with Crippen molar-refractivity contribution in [2.45, 2.75) is 65.3 Å². The molecule has 0 aliphatic carbocycles. The zero-order valence-electron chi connectivity index (χ0n) is 11.9. The maximum absolute atomic E-state index is 3.62. The van der Waals surface area contributed by atoms with Crippen LogP contribution < -0.4 is 5.32 Å². The van der Waals surface area contributed by atoms with Gasteiger partial charge in [-0.05, 0) is 41.9 Å². The Labute approximate surface area is 125 Å². The maximum atomic E-state index is 3.62. The fourth-order valence-corrected chi connectivity index (χ4v) is 3.87. The standard InChI is InChI=1S/C15H26BrNS/c1-4-6-7-8-9-10-14(17-5-2)15-11-13(16)12(3)18-15/h11,14,17H,4-10H2,1-3H3. The molecule has 0 fully saturated rings. The van der Waals surface area contributed by atoms with E-state index < -0.39 is 0 Å². The van der Waals surface area contributed by atoms with Crippen molar-refractivity contribution in [3.8, 4) is 0 Å². The van der Waals surface area contributed by atoms with Gasteiger partial charge < -0.3 is 5.32 Å². The molecule has 104 valence electrons.